The molecule has 20 heavy (non-hydrogen) atoms. The first-order valence-corrected chi connectivity index (χ1v) is 8.66. The number of nitrogens with one attached hydrogen (secondary N) is 1. The first-order valence-electron chi connectivity index (χ1n) is 7.12. The molecular formula is C15H22FNO2S. The Morgan fingerprint density at radius 1 is 1.25 bits per heavy atom. The van der Waals surface area contributed by atoms with E-state index in [1.165, 1.54) is 0 Å². The van der Waals surface area contributed by atoms with Crippen molar-refractivity contribution in [1.82, 2.24) is 4.72 Å². The summed E-state index contributed by atoms with van der Waals surface area (Å²) in [6.07, 6.45) is 2.54. The standard InChI is InChI=1S/C15H22FNO2S/c1-12(2)20(18,19)17-14-10-6-7-11-15(14,16)13-8-4-3-5-9-13/h3-5,8-9,12,14,17H,6-7,10-11H2,1-2H3/t14-,15-/m0/s1. The molecule has 1 aromatic carbocycles. The fourth-order valence-electron chi connectivity index (χ4n) is 2.68. The van der Waals surface area contributed by atoms with Crippen LogP contribution in [-0.4, -0.2) is 19.7 Å². The largest absolute Gasteiger partial charge is 0.237 e. The summed E-state index contributed by atoms with van der Waals surface area (Å²) in [7, 11) is -3.47. The summed E-state index contributed by atoms with van der Waals surface area (Å²) in [6, 6.07) is 8.22. The topological polar surface area (TPSA) is 46.2 Å². The number of benzene rings is 1. The number of alkyl halides is 1. The normalized spacial score (nSPS) is 27.7. The fraction of sp³-hybridized carbons (Fsp3) is 0.600. The molecule has 1 saturated carbocycles. The molecule has 0 aliphatic heterocycles. The second kappa shape index (κ2) is 5.82. The Kier molecular flexibility index (Phi) is 4.49. The van der Waals surface area contributed by atoms with Crippen LogP contribution in [0.25, 0.3) is 0 Å². The average molecular weight is 299 g/mol. The Morgan fingerprint density at radius 3 is 2.50 bits per heavy atom. The Bertz CT molecular complexity index is 544. The maximum atomic E-state index is 15.4. The number of halogens is 1. The molecule has 0 bridgehead atoms. The quantitative estimate of drug-likeness (QED) is 0.928. The van der Waals surface area contributed by atoms with Gasteiger partial charge in [0.1, 0.15) is 0 Å². The first-order chi connectivity index (χ1) is 9.36. The van der Waals surface area contributed by atoms with Crippen LogP contribution in [0.15, 0.2) is 30.3 Å². The van der Waals surface area contributed by atoms with Crippen molar-refractivity contribution in [2.24, 2.45) is 0 Å². The van der Waals surface area contributed by atoms with Crippen molar-refractivity contribution in [3.63, 3.8) is 0 Å². The van der Waals surface area contributed by atoms with E-state index in [-0.39, 0.29) is 0 Å². The molecule has 1 N–H and O–H groups in total. The highest BCUT2D eigenvalue weighted by Crippen LogP contribution is 2.41. The van der Waals surface area contributed by atoms with Gasteiger partial charge < -0.3 is 0 Å². The molecule has 1 aromatic rings. The van der Waals surface area contributed by atoms with Gasteiger partial charge in [-0.2, -0.15) is 0 Å². The van der Waals surface area contributed by atoms with Crippen molar-refractivity contribution in [1.29, 1.82) is 0 Å². The highest BCUT2D eigenvalue weighted by atomic mass is 32.2. The molecule has 3 nitrogen and oxygen atoms in total. The number of sulfonamides is 1. The minimum atomic E-state index is -3.47. The van der Waals surface area contributed by atoms with Crippen LogP contribution >= 0.6 is 0 Å². The molecule has 0 aromatic heterocycles. The first kappa shape index (κ1) is 15.4. The summed E-state index contributed by atoms with van der Waals surface area (Å²) in [5.41, 5.74) is -1.04. The summed E-state index contributed by atoms with van der Waals surface area (Å²) in [6.45, 7) is 3.21. The van der Waals surface area contributed by atoms with Gasteiger partial charge in [-0.15, -0.1) is 0 Å². The van der Waals surface area contributed by atoms with Gasteiger partial charge in [0.25, 0.3) is 0 Å². The molecule has 112 valence electrons. The van der Waals surface area contributed by atoms with Crippen LogP contribution in [0.3, 0.4) is 0 Å². The van der Waals surface area contributed by atoms with E-state index in [4.69, 9.17) is 0 Å². The van der Waals surface area contributed by atoms with Crippen LogP contribution < -0.4 is 4.72 Å². The second-order valence-corrected chi connectivity index (χ2v) is 8.01. The minimum Gasteiger partial charge on any atom is -0.237 e. The summed E-state index contributed by atoms with van der Waals surface area (Å²) >= 11 is 0. The van der Waals surface area contributed by atoms with Gasteiger partial charge in [-0.05, 0) is 38.7 Å². The third kappa shape index (κ3) is 3.04. The molecule has 1 fully saturated rings. The van der Waals surface area contributed by atoms with Gasteiger partial charge in [0.05, 0.1) is 11.3 Å². The van der Waals surface area contributed by atoms with E-state index in [0.717, 1.165) is 12.8 Å². The maximum absolute atomic E-state index is 15.4. The molecule has 2 atom stereocenters. The number of hydrogen-bond acceptors (Lipinski definition) is 2. The predicted molar refractivity (Wildman–Crippen MR) is 78.7 cm³/mol. The third-order valence-electron chi connectivity index (χ3n) is 4.02. The highest BCUT2D eigenvalue weighted by Gasteiger charge is 2.44. The van der Waals surface area contributed by atoms with Gasteiger partial charge in [-0.25, -0.2) is 17.5 Å². The monoisotopic (exact) mass is 299 g/mol. The minimum absolute atomic E-state index is 0.363. The van der Waals surface area contributed by atoms with Crippen LogP contribution in [0.1, 0.15) is 45.1 Å². The molecule has 2 rings (SSSR count). The smallest absolute Gasteiger partial charge is 0.214 e. The Hall–Kier alpha value is -0.940. The van der Waals surface area contributed by atoms with E-state index in [1.54, 1.807) is 38.1 Å². The molecule has 0 saturated heterocycles. The molecule has 0 radical (unpaired) electrons. The van der Waals surface area contributed by atoms with Crippen LogP contribution in [0, 0.1) is 0 Å². The average Bonchev–Trinajstić information content (AvgIpc) is 2.42. The summed E-state index contributed by atoms with van der Waals surface area (Å²) in [5, 5.41) is -0.551. The van der Waals surface area contributed by atoms with E-state index >= 15 is 4.39 Å². The molecule has 5 heteroatoms. The lowest BCUT2D eigenvalue weighted by atomic mass is 9.78. The van der Waals surface area contributed by atoms with E-state index in [9.17, 15) is 8.42 Å². The van der Waals surface area contributed by atoms with Crippen molar-refractivity contribution < 1.29 is 12.8 Å². The van der Waals surface area contributed by atoms with E-state index in [2.05, 4.69) is 4.72 Å². The van der Waals surface area contributed by atoms with E-state index < -0.39 is 27.0 Å². The Morgan fingerprint density at radius 2 is 1.90 bits per heavy atom. The third-order valence-corrected chi connectivity index (χ3v) is 5.87. The van der Waals surface area contributed by atoms with Crippen molar-refractivity contribution in [3.8, 4) is 0 Å². The highest BCUT2D eigenvalue weighted by molar-refractivity contribution is 7.90. The van der Waals surface area contributed by atoms with Crippen LogP contribution in [0.2, 0.25) is 0 Å². The molecule has 1 aliphatic carbocycles. The van der Waals surface area contributed by atoms with Gasteiger partial charge in [0.15, 0.2) is 5.67 Å². The van der Waals surface area contributed by atoms with Crippen molar-refractivity contribution in [2.75, 3.05) is 0 Å². The van der Waals surface area contributed by atoms with Gasteiger partial charge in [0, 0.05) is 0 Å². The summed E-state index contributed by atoms with van der Waals surface area (Å²) in [5.74, 6) is 0. The zero-order valence-electron chi connectivity index (χ0n) is 12.0. The van der Waals surface area contributed by atoms with Crippen LogP contribution in [0.5, 0.6) is 0 Å². The molecule has 0 amide bonds. The molecule has 0 spiro atoms. The summed E-state index contributed by atoms with van der Waals surface area (Å²) in [4.78, 5) is 0. The van der Waals surface area contributed by atoms with Gasteiger partial charge >= 0.3 is 0 Å². The lowest BCUT2D eigenvalue weighted by Crippen LogP contribution is -2.51. The second-order valence-electron chi connectivity index (χ2n) is 5.74. The zero-order chi connectivity index (χ0) is 14.8. The van der Waals surface area contributed by atoms with Crippen molar-refractivity contribution >= 4 is 10.0 Å². The van der Waals surface area contributed by atoms with Gasteiger partial charge in [0.2, 0.25) is 10.0 Å². The summed E-state index contributed by atoms with van der Waals surface area (Å²) < 4.78 is 42.1. The Balaban J connectivity index is 2.30. The van der Waals surface area contributed by atoms with Crippen molar-refractivity contribution in [3.05, 3.63) is 35.9 Å². The molecule has 1 aliphatic rings. The lowest BCUT2D eigenvalue weighted by Gasteiger charge is -2.38. The van der Waals surface area contributed by atoms with E-state index in [1.807, 2.05) is 6.07 Å². The van der Waals surface area contributed by atoms with Crippen LogP contribution in [-0.2, 0) is 15.7 Å². The zero-order valence-corrected chi connectivity index (χ0v) is 12.8. The van der Waals surface area contributed by atoms with Crippen LogP contribution in [0.4, 0.5) is 4.39 Å². The predicted octanol–water partition coefficient (Wildman–Crippen LogP) is 3.12. The lowest BCUT2D eigenvalue weighted by molar-refractivity contribution is 0.0712. The molecule has 0 heterocycles. The van der Waals surface area contributed by atoms with Crippen molar-refractivity contribution in [2.45, 2.75) is 56.5 Å². The van der Waals surface area contributed by atoms with Gasteiger partial charge in [-0.1, -0.05) is 36.8 Å². The fourth-order valence-corrected chi connectivity index (χ4v) is 3.65. The van der Waals surface area contributed by atoms with E-state index in [0.29, 0.717) is 18.4 Å². The van der Waals surface area contributed by atoms with Gasteiger partial charge in [-0.3, -0.25) is 0 Å². The maximum Gasteiger partial charge on any atom is 0.214 e. The number of hydrogen-bond donors (Lipinski definition) is 1. The number of rotatable bonds is 4. The Labute approximate surface area is 120 Å². The molecular weight excluding hydrogens is 277 g/mol. The molecule has 0 unspecified atom stereocenters. The SMILES string of the molecule is CC(C)S(=O)(=O)N[C@H]1CCCC[C@]1(F)c1ccccc1.